The molecular weight excluding hydrogens is 297 g/mol. The van der Waals surface area contributed by atoms with Gasteiger partial charge in [-0.3, -0.25) is 4.79 Å². The maximum Gasteiger partial charge on any atom is 0.305 e. The Labute approximate surface area is 124 Å². The lowest BCUT2D eigenvalue weighted by atomic mass is 10.2. The van der Waals surface area contributed by atoms with E-state index in [9.17, 15) is 17.6 Å². The molecule has 0 aromatic heterocycles. The number of hydrogen-bond donors (Lipinski definition) is 0. The van der Waals surface area contributed by atoms with E-state index in [0.29, 0.717) is 5.56 Å². The van der Waals surface area contributed by atoms with Crippen LogP contribution in [0.3, 0.4) is 0 Å². The van der Waals surface area contributed by atoms with Gasteiger partial charge in [0.25, 0.3) is 0 Å². The lowest BCUT2D eigenvalue weighted by Gasteiger charge is -2.20. The second kappa shape index (κ2) is 8.09. The summed E-state index contributed by atoms with van der Waals surface area (Å²) in [5.74, 6) is -0.962. The highest BCUT2D eigenvalue weighted by atomic mass is 32.2. The Hall–Kier alpha value is -1.47. The molecule has 0 atom stereocenters. The number of sulfonamides is 1. The van der Waals surface area contributed by atoms with Gasteiger partial charge in [0.2, 0.25) is 10.0 Å². The number of benzene rings is 1. The standard InChI is InChI=1S/C14H20FNO4S/c1-3-16(11-12-6-4-7-13(15)10-12)21(18,19)9-5-8-14(17)20-2/h4,6-7,10H,3,5,8-9,11H2,1-2H3. The van der Waals surface area contributed by atoms with E-state index in [-0.39, 0.29) is 31.7 Å². The molecule has 5 nitrogen and oxygen atoms in total. The van der Waals surface area contributed by atoms with Gasteiger partial charge in [0.15, 0.2) is 0 Å². The van der Waals surface area contributed by atoms with Crippen LogP contribution < -0.4 is 0 Å². The maximum atomic E-state index is 13.1. The summed E-state index contributed by atoms with van der Waals surface area (Å²) in [6.45, 7) is 2.13. The minimum Gasteiger partial charge on any atom is -0.469 e. The van der Waals surface area contributed by atoms with Gasteiger partial charge >= 0.3 is 5.97 Å². The Morgan fingerprint density at radius 3 is 2.67 bits per heavy atom. The van der Waals surface area contributed by atoms with Gasteiger partial charge in [0.05, 0.1) is 12.9 Å². The second-order valence-corrected chi connectivity index (χ2v) is 6.64. The molecule has 0 saturated heterocycles. The number of rotatable bonds is 8. The SMILES string of the molecule is CCN(Cc1cccc(F)c1)S(=O)(=O)CCCC(=O)OC. The van der Waals surface area contributed by atoms with Crippen molar-refractivity contribution in [1.29, 1.82) is 0 Å². The number of halogens is 1. The van der Waals surface area contributed by atoms with Crippen LogP contribution in [0.5, 0.6) is 0 Å². The molecule has 0 aliphatic rings. The first-order valence-corrected chi connectivity index (χ1v) is 8.29. The van der Waals surface area contributed by atoms with Crippen LogP contribution in [0.1, 0.15) is 25.3 Å². The van der Waals surface area contributed by atoms with Crippen LogP contribution in [0.25, 0.3) is 0 Å². The van der Waals surface area contributed by atoms with Gasteiger partial charge in [-0.05, 0) is 24.1 Å². The van der Waals surface area contributed by atoms with Crippen molar-refractivity contribution < 1.29 is 22.3 Å². The van der Waals surface area contributed by atoms with Crippen LogP contribution in [-0.2, 0) is 26.1 Å². The summed E-state index contributed by atoms with van der Waals surface area (Å²) in [6, 6.07) is 5.84. The first-order chi connectivity index (χ1) is 9.89. The molecule has 0 aliphatic heterocycles. The van der Waals surface area contributed by atoms with E-state index < -0.39 is 21.8 Å². The summed E-state index contributed by atoms with van der Waals surface area (Å²) in [7, 11) is -2.22. The van der Waals surface area contributed by atoms with Crippen LogP contribution in [0.4, 0.5) is 4.39 Å². The Morgan fingerprint density at radius 2 is 2.10 bits per heavy atom. The number of nitrogens with zero attached hydrogens (tertiary/aromatic N) is 1. The quantitative estimate of drug-likeness (QED) is 0.687. The highest BCUT2D eigenvalue weighted by Gasteiger charge is 2.21. The molecule has 0 radical (unpaired) electrons. The van der Waals surface area contributed by atoms with E-state index in [2.05, 4.69) is 4.74 Å². The van der Waals surface area contributed by atoms with Crippen molar-refractivity contribution in [3.05, 3.63) is 35.6 Å². The summed E-state index contributed by atoms with van der Waals surface area (Å²) in [4.78, 5) is 11.0. The normalized spacial score (nSPS) is 11.6. The molecule has 1 aromatic rings. The number of esters is 1. The molecule has 0 unspecified atom stereocenters. The Balaban J connectivity index is 2.67. The van der Waals surface area contributed by atoms with Crippen LogP contribution in [0.15, 0.2) is 24.3 Å². The van der Waals surface area contributed by atoms with E-state index in [1.54, 1.807) is 19.1 Å². The molecule has 7 heteroatoms. The molecule has 0 amide bonds. The number of carbonyl (C=O) groups excluding carboxylic acids is 1. The number of methoxy groups -OCH3 is 1. The predicted molar refractivity (Wildman–Crippen MR) is 77.5 cm³/mol. The predicted octanol–water partition coefficient (Wildman–Crippen LogP) is 1.93. The van der Waals surface area contributed by atoms with Gasteiger partial charge in [-0.1, -0.05) is 19.1 Å². The molecule has 21 heavy (non-hydrogen) atoms. The van der Waals surface area contributed by atoms with Gasteiger partial charge in [-0.2, -0.15) is 4.31 Å². The molecule has 0 heterocycles. The van der Waals surface area contributed by atoms with Gasteiger partial charge in [0.1, 0.15) is 5.82 Å². The fourth-order valence-electron chi connectivity index (χ4n) is 1.88. The first-order valence-electron chi connectivity index (χ1n) is 6.68. The third-order valence-electron chi connectivity index (χ3n) is 3.00. The zero-order chi connectivity index (χ0) is 15.9. The number of carbonyl (C=O) groups is 1. The van der Waals surface area contributed by atoms with E-state index in [4.69, 9.17) is 0 Å². The van der Waals surface area contributed by atoms with Crippen molar-refractivity contribution in [2.75, 3.05) is 19.4 Å². The highest BCUT2D eigenvalue weighted by molar-refractivity contribution is 7.89. The third kappa shape index (κ3) is 5.81. The topological polar surface area (TPSA) is 63.7 Å². The van der Waals surface area contributed by atoms with Crippen molar-refractivity contribution in [2.24, 2.45) is 0 Å². The summed E-state index contributed by atoms with van der Waals surface area (Å²) in [5.41, 5.74) is 0.591. The molecular formula is C14H20FNO4S. The van der Waals surface area contributed by atoms with Crippen molar-refractivity contribution in [1.82, 2.24) is 4.31 Å². The molecule has 0 bridgehead atoms. The Bertz CT molecular complexity index is 574. The largest absolute Gasteiger partial charge is 0.469 e. The molecule has 118 valence electrons. The maximum absolute atomic E-state index is 13.1. The van der Waals surface area contributed by atoms with Crippen molar-refractivity contribution in [3.8, 4) is 0 Å². The second-order valence-electron chi connectivity index (χ2n) is 4.55. The molecule has 0 saturated carbocycles. The number of hydrogen-bond acceptors (Lipinski definition) is 4. The lowest BCUT2D eigenvalue weighted by molar-refractivity contribution is -0.140. The minimum atomic E-state index is -3.48. The molecule has 0 fully saturated rings. The summed E-state index contributed by atoms with van der Waals surface area (Å²) in [5, 5.41) is 0. The van der Waals surface area contributed by atoms with Gasteiger partial charge in [-0.25, -0.2) is 12.8 Å². The van der Waals surface area contributed by atoms with Crippen molar-refractivity contribution in [2.45, 2.75) is 26.3 Å². The minimum absolute atomic E-state index is 0.0627. The fourth-order valence-corrected chi connectivity index (χ4v) is 3.38. The molecule has 0 aliphatic carbocycles. The van der Waals surface area contributed by atoms with Crippen LogP contribution in [0, 0.1) is 5.82 Å². The highest BCUT2D eigenvalue weighted by Crippen LogP contribution is 2.12. The number of ether oxygens (including phenoxy) is 1. The van der Waals surface area contributed by atoms with E-state index in [1.165, 1.54) is 23.5 Å². The van der Waals surface area contributed by atoms with Gasteiger partial charge in [0, 0.05) is 19.5 Å². The molecule has 1 rings (SSSR count). The molecule has 1 aromatic carbocycles. The Kier molecular flexibility index (Phi) is 6.77. The average molecular weight is 317 g/mol. The summed E-state index contributed by atoms with van der Waals surface area (Å²) in [6.07, 6.45) is 0.266. The van der Waals surface area contributed by atoms with Crippen LogP contribution in [-0.4, -0.2) is 38.1 Å². The third-order valence-corrected chi connectivity index (χ3v) is 4.98. The fraction of sp³-hybridized carbons (Fsp3) is 0.500. The lowest BCUT2D eigenvalue weighted by Crippen LogP contribution is -2.32. The van der Waals surface area contributed by atoms with Gasteiger partial charge < -0.3 is 4.74 Å². The monoisotopic (exact) mass is 317 g/mol. The first kappa shape index (κ1) is 17.6. The smallest absolute Gasteiger partial charge is 0.305 e. The van der Waals surface area contributed by atoms with E-state index in [1.807, 2.05) is 0 Å². The van der Waals surface area contributed by atoms with Gasteiger partial charge in [-0.15, -0.1) is 0 Å². The van der Waals surface area contributed by atoms with Crippen molar-refractivity contribution in [3.63, 3.8) is 0 Å². The zero-order valence-electron chi connectivity index (χ0n) is 12.2. The Morgan fingerprint density at radius 1 is 1.38 bits per heavy atom. The molecule has 0 spiro atoms. The summed E-state index contributed by atoms with van der Waals surface area (Å²) >= 11 is 0. The molecule has 0 N–H and O–H groups in total. The van der Waals surface area contributed by atoms with E-state index >= 15 is 0 Å². The van der Waals surface area contributed by atoms with E-state index in [0.717, 1.165) is 0 Å². The average Bonchev–Trinajstić information content (AvgIpc) is 2.44. The zero-order valence-corrected chi connectivity index (χ0v) is 13.0. The van der Waals surface area contributed by atoms with Crippen LogP contribution >= 0.6 is 0 Å². The van der Waals surface area contributed by atoms with Crippen molar-refractivity contribution >= 4 is 16.0 Å². The summed E-state index contributed by atoms with van der Waals surface area (Å²) < 4.78 is 43.3. The van der Waals surface area contributed by atoms with Crippen LogP contribution in [0.2, 0.25) is 0 Å².